The van der Waals surface area contributed by atoms with E-state index in [9.17, 15) is 8.42 Å². The fraction of sp³-hybridized carbons (Fsp3) is 0.571. The molecule has 0 aromatic carbocycles. The van der Waals surface area contributed by atoms with Gasteiger partial charge < -0.3 is 5.73 Å². The zero-order valence-electron chi connectivity index (χ0n) is 12.2. The molecule has 116 valence electrons. The van der Waals surface area contributed by atoms with Gasteiger partial charge in [0.05, 0.1) is 0 Å². The summed E-state index contributed by atoms with van der Waals surface area (Å²) in [5, 5.41) is 0. The maximum Gasteiger partial charge on any atom is 0.245 e. The van der Waals surface area contributed by atoms with Crippen molar-refractivity contribution in [2.75, 3.05) is 13.6 Å². The molecular weight excluding hydrogens is 306 g/mol. The molecule has 1 fully saturated rings. The number of hydrogen-bond acceptors (Lipinski definition) is 4. The summed E-state index contributed by atoms with van der Waals surface area (Å²) in [6.45, 7) is 0.536. The summed E-state index contributed by atoms with van der Waals surface area (Å²) >= 11 is 4.90. The zero-order valence-corrected chi connectivity index (χ0v) is 13.8. The van der Waals surface area contributed by atoms with E-state index in [2.05, 4.69) is 4.98 Å². The van der Waals surface area contributed by atoms with Crippen molar-refractivity contribution in [2.24, 2.45) is 11.7 Å². The van der Waals surface area contributed by atoms with Gasteiger partial charge in [0.25, 0.3) is 0 Å². The summed E-state index contributed by atoms with van der Waals surface area (Å²) in [5.74, 6) is 0.434. The first-order chi connectivity index (χ1) is 9.93. The molecular formula is C14H21N3O2S2. The Bertz CT molecular complexity index is 610. The smallest absolute Gasteiger partial charge is 0.245 e. The highest BCUT2D eigenvalue weighted by Gasteiger charge is 2.27. The lowest BCUT2D eigenvalue weighted by molar-refractivity contribution is 0.300. The maximum atomic E-state index is 12.7. The molecule has 0 radical (unpaired) electrons. The predicted octanol–water partition coefficient (Wildman–Crippen LogP) is 1.92. The third kappa shape index (κ3) is 3.78. The molecule has 1 aliphatic rings. The van der Waals surface area contributed by atoms with Gasteiger partial charge in [0.1, 0.15) is 15.6 Å². The Kier molecular flexibility index (Phi) is 5.29. The molecule has 0 atom stereocenters. The van der Waals surface area contributed by atoms with Crippen LogP contribution in [-0.2, 0) is 10.0 Å². The Morgan fingerprint density at radius 2 is 2.10 bits per heavy atom. The fourth-order valence-electron chi connectivity index (χ4n) is 2.78. The molecule has 1 aliphatic carbocycles. The quantitative estimate of drug-likeness (QED) is 0.836. The van der Waals surface area contributed by atoms with Crippen molar-refractivity contribution in [1.82, 2.24) is 9.29 Å². The van der Waals surface area contributed by atoms with Gasteiger partial charge in [-0.25, -0.2) is 12.7 Å². The van der Waals surface area contributed by atoms with Crippen LogP contribution in [0.25, 0.3) is 0 Å². The minimum atomic E-state index is -3.61. The number of pyridine rings is 1. The minimum absolute atomic E-state index is 0.000224. The first-order valence-electron chi connectivity index (χ1n) is 7.14. The van der Waals surface area contributed by atoms with Gasteiger partial charge in [-0.3, -0.25) is 4.98 Å². The largest absolute Gasteiger partial charge is 0.388 e. The molecule has 2 rings (SSSR count). The van der Waals surface area contributed by atoms with Gasteiger partial charge in [0.15, 0.2) is 0 Å². The third-order valence-corrected chi connectivity index (χ3v) is 5.98. The van der Waals surface area contributed by atoms with Crippen molar-refractivity contribution < 1.29 is 8.42 Å². The lowest BCUT2D eigenvalue weighted by Crippen LogP contribution is -2.34. The highest BCUT2D eigenvalue weighted by Crippen LogP contribution is 2.26. The monoisotopic (exact) mass is 327 g/mol. The van der Waals surface area contributed by atoms with Gasteiger partial charge in [-0.1, -0.05) is 31.5 Å². The number of thiocarbonyl (C=S) groups is 1. The van der Waals surface area contributed by atoms with Crippen LogP contribution in [0.5, 0.6) is 0 Å². The summed E-state index contributed by atoms with van der Waals surface area (Å²) in [6.07, 6.45) is 7.30. The van der Waals surface area contributed by atoms with Crippen LogP contribution in [0, 0.1) is 5.92 Å². The van der Waals surface area contributed by atoms with Gasteiger partial charge in [0, 0.05) is 19.8 Å². The van der Waals surface area contributed by atoms with E-state index in [1.54, 1.807) is 13.1 Å². The summed E-state index contributed by atoms with van der Waals surface area (Å²) in [4.78, 5) is 4.10. The number of hydrogen-bond donors (Lipinski definition) is 1. The molecule has 0 amide bonds. The van der Waals surface area contributed by atoms with Crippen molar-refractivity contribution in [3.8, 4) is 0 Å². The average molecular weight is 327 g/mol. The Balaban J connectivity index is 2.22. The van der Waals surface area contributed by atoms with Crippen LogP contribution in [0.15, 0.2) is 23.2 Å². The lowest BCUT2D eigenvalue weighted by Gasteiger charge is -2.27. The molecule has 0 spiro atoms. The minimum Gasteiger partial charge on any atom is -0.388 e. The van der Waals surface area contributed by atoms with Crippen molar-refractivity contribution in [3.05, 3.63) is 24.0 Å². The maximum absolute atomic E-state index is 12.7. The van der Waals surface area contributed by atoms with E-state index in [1.165, 1.54) is 35.8 Å². The van der Waals surface area contributed by atoms with Crippen LogP contribution in [0.4, 0.5) is 0 Å². The van der Waals surface area contributed by atoms with E-state index >= 15 is 0 Å². The van der Waals surface area contributed by atoms with E-state index in [-0.39, 0.29) is 15.6 Å². The van der Waals surface area contributed by atoms with Crippen LogP contribution in [0.1, 0.15) is 37.8 Å². The van der Waals surface area contributed by atoms with Crippen LogP contribution in [-0.4, -0.2) is 36.3 Å². The van der Waals surface area contributed by atoms with Crippen molar-refractivity contribution in [2.45, 2.75) is 37.0 Å². The molecule has 1 aromatic rings. The summed E-state index contributed by atoms with van der Waals surface area (Å²) in [7, 11) is -2.00. The van der Waals surface area contributed by atoms with Gasteiger partial charge in [0.2, 0.25) is 10.0 Å². The molecule has 7 heteroatoms. The molecule has 0 saturated heterocycles. The van der Waals surface area contributed by atoms with Crippen LogP contribution < -0.4 is 5.73 Å². The Morgan fingerprint density at radius 1 is 1.43 bits per heavy atom. The van der Waals surface area contributed by atoms with E-state index in [0.717, 1.165) is 12.8 Å². The standard InChI is InChI=1S/C14H21N3O2S2/c1-17(10-11-6-3-2-4-7-11)21(18,19)12-8-5-9-16-13(12)14(15)20/h5,8-9,11H,2-4,6-7,10H2,1H3,(H2,15,20). The summed E-state index contributed by atoms with van der Waals surface area (Å²) in [6, 6.07) is 3.09. The van der Waals surface area contributed by atoms with Crippen LogP contribution >= 0.6 is 12.2 Å². The second-order valence-electron chi connectivity index (χ2n) is 5.50. The molecule has 0 bridgehead atoms. The predicted molar refractivity (Wildman–Crippen MR) is 86.5 cm³/mol. The van der Waals surface area contributed by atoms with Crippen molar-refractivity contribution in [1.29, 1.82) is 0 Å². The Morgan fingerprint density at radius 3 is 2.71 bits per heavy atom. The van der Waals surface area contributed by atoms with Crippen molar-refractivity contribution >= 4 is 27.2 Å². The number of nitrogens with two attached hydrogens (primary N) is 1. The summed E-state index contributed by atoms with van der Waals surface area (Å²) < 4.78 is 26.8. The number of sulfonamides is 1. The SMILES string of the molecule is CN(CC1CCCCC1)S(=O)(=O)c1cccnc1C(N)=S. The van der Waals surface area contributed by atoms with E-state index in [4.69, 9.17) is 18.0 Å². The number of nitrogens with zero attached hydrogens (tertiary/aromatic N) is 2. The van der Waals surface area contributed by atoms with Gasteiger partial charge in [-0.15, -0.1) is 0 Å². The Labute approximate surface area is 131 Å². The van der Waals surface area contributed by atoms with Crippen LogP contribution in [0.3, 0.4) is 0 Å². The fourth-order valence-corrected chi connectivity index (χ4v) is 4.41. The highest BCUT2D eigenvalue weighted by molar-refractivity contribution is 7.89. The Hall–Kier alpha value is -1.05. The topological polar surface area (TPSA) is 76.3 Å². The molecule has 1 saturated carbocycles. The number of rotatable bonds is 5. The van der Waals surface area contributed by atoms with E-state index < -0.39 is 10.0 Å². The zero-order chi connectivity index (χ0) is 15.5. The van der Waals surface area contributed by atoms with Gasteiger partial charge >= 0.3 is 0 Å². The molecule has 0 unspecified atom stereocenters. The first-order valence-corrected chi connectivity index (χ1v) is 8.99. The number of aromatic nitrogens is 1. The third-order valence-electron chi connectivity index (χ3n) is 3.93. The first kappa shape index (κ1) is 16.3. The van der Waals surface area contributed by atoms with E-state index in [0.29, 0.717) is 12.5 Å². The van der Waals surface area contributed by atoms with E-state index in [1.807, 2.05) is 0 Å². The second-order valence-corrected chi connectivity index (χ2v) is 7.96. The average Bonchev–Trinajstić information content (AvgIpc) is 2.48. The second kappa shape index (κ2) is 6.81. The van der Waals surface area contributed by atoms with Crippen molar-refractivity contribution in [3.63, 3.8) is 0 Å². The molecule has 21 heavy (non-hydrogen) atoms. The normalized spacial score (nSPS) is 17.0. The van der Waals surface area contributed by atoms with Gasteiger partial charge in [-0.05, 0) is 30.9 Å². The molecule has 1 heterocycles. The molecule has 1 aromatic heterocycles. The van der Waals surface area contributed by atoms with Crippen LogP contribution in [0.2, 0.25) is 0 Å². The molecule has 2 N–H and O–H groups in total. The highest BCUT2D eigenvalue weighted by atomic mass is 32.2. The lowest BCUT2D eigenvalue weighted by atomic mass is 9.89. The molecule has 0 aliphatic heterocycles. The summed E-state index contributed by atoms with van der Waals surface area (Å²) in [5.41, 5.74) is 5.75. The molecule has 5 nitrogen and oxygen atoms in total. The van der Waals surface area contributed by atoms with Gasteiger partial charge in [-0.2, -0.15) is 0 Å².